The molecule has 1 aromatic rings. The van der Waals surface area contributed by atoms with E-state index in [0.29, 0.717) is 18.5 Å². The van der Waals surface area contributed by atoms with Crippen LogP contribution in [-0.4, -0.2) is 29.6 Å². The van der Waals surface area contributed by atoms with Crippen molar-refractivity contribution in [2.24, 2.45) is 0 Å². The van der Waals surface area contributed by atoms with E-state index in [0.717, 1.165) is 17.8 Å². The van der Waals surface area contributed by atoms with E-state index >= 15 is 0 Å². The zero-order chi connectivity index (χ0) is 12.3. The SMILES string of the molecule is C#CCN(C)c1ncc(CNC2CC2)c(C)n1. The summed E-state index contributed by atoms with van der Waals surface area (Å²) in [4.78, 5) is 10.7. The Morgan fingerprint density at radius 1 is 1.59 bits per heavy atom. The van der Waals surface area contributed by atoms with E-state index < -0.39 is 0 Å². The van der Waals surface area contributed by atoms with Crippen LogP contribution < -0.4 is 10.2 Å². The van der Waals surface area contributed by atoms with E-state index in [1.54, 1.807) is 0 Å². The number of hydrogen-bond donors (Lipinski definition) is 1. The maximum atomic E-state index is 5.27. The normalized spacial score (nSPS) is 14.4. The lowest BCUT2D eigenvalue weighted by molar-refractivity contribution is 0.679. The largest absolute Gasteiger partial charge is 0.333 e. The van der Waals surface area contributed by atoms with Gasteiger partial charge < -0.3 is 10.2 Å². The summed E-state index contributed by atoms with van der Waals surface area (Å²) >= 11 is 0. The Morgan fingerprint density at radius 2 is 2.35 bits per heavy atom. The first-order valence-electron chi connectivity index (χ1n) is 5.91. The minimum Gasteiger partial charge on any atom is -0.333 e. The Kier molecular flexibility index (Phi) is 3.60. The molecular weight excluding hydrogens is 212 g/mol. The molecule has 1 saturated carbocycles. The number of aromatic nitrogens is 2. The van der Waals surface area contributed by atoms with E-state index in [-0.39, 0.29) is 0 Å². The first-order chi connectivity index (χ1) is 8.20. The molecule has 1 aliphatic rings. The lowest BCUT2D eigenvalue weighted by Gasteiger charge is -2.15. The molecule has 0 amide bonds. The molecule has 0 unspecified atom stereocenters. The van der Waals surface area contributed by atoms with Crippen LogP contribution in [0.25, 0.3) is 0 Å². The van der Waals surface area contributed by atoms with Gasteiger partial charge in [-0.2, -0.15) is 0 Å². The fraction of sp³-hybridized carbons (Fsp3) is 0.538. The van der Waals surface area contributed by atoms with Gasteiger partial charge in [-0.05, 0) is 19.8 Å². The molecule has 4 heteroatoms. The van der Waals surface area contributed by atoms with Crippen molar-refractivity contribution in [2.45, 2.75) is 32.4 Å². The Hall–Kier alpha value is -1.60. The summed E-state index contributed by atoms with van der Waals surface area (Å²) in [6.45, 7) is 3.40. The molecule has 0 spiro atoms. The molecule has 17 heavy (non-hydrogen) atoms. The van der Waals surface area contributed by atoms with Gasteiger partial charge in [0.1, 0.15) is 0 Å². The average Bonchev–Trinajstić information content (AvgIpc) is 3.11. The first kappa shape index (κ1) is 11.9. The van der Waals surface area contributed by atoms with Crippen LogP contribution in [0.2, 0.25) is 0 Å². The molecule has 1 N–H and O–H groups in total. The van der Waals surface area contributed by atoms with Crippen molar-refractivity contribution in [1.82, 2.24) is 15.3 Å². The maximum absolute atomic E-state index is 5.27. The maximum Gasteiger partial charge on any atom is 0.226 e. The average molecular weight is 230 g/mol. The van der Waals surface area contributed by atoms with E-state index in [2.05, 4.69) is 21.2 Å². The zero-order valence-corrected chi connectivity index (χ0v) is 10.4. The molecule has 0 bridgehead atoms. The van der Waals surface area contributed by atoms with Crippen LogP contribution in [0.4, 0.5) is 5.95 Å². The van der Waals surface area contributed by atoms with Crippen molar-refractivity contribution in [3.8, 4) is 12.3 Å². The van der Waals surface area contributed by atoms with Crippen LogP contribution in [0.5, 0.6) is 0 Å². The summed E-state index contributed by atoms with van der Waals surface area (Å²) < 4.78 is 0. The molecule has 0 saturated heterocycles. The van der Waals surface area contributed by atoms with Gasteiger partial charge in [0.25, 0.3) is 0 Å². The van der Waals surface area contributed by atoms with Crippen molar-refractivity contribution in [1.29, 1.82) is 0 Å². The number of rotatable bonds is 5. The van der Waals surface area contributed by atoms with Crippen molar-refractivity contribution < 1.29 is 0 Å². The number of anilines is 1. The Morgan fingerprint density at radius 3 is 2.94 bits per heavy atom. The van der Waals surface area contributed by atoms with Gasteiger partial charge in [-0.1, -0.05) is 5.92 Å². The molecule has 4 nitrogen and oxygen atoms in total. The fourth-order valence-electron chi connectivity index (χ4n) is 1.59. The number of nitrogens with one attached hydrogen (secondary N) is 1. The van der Waals surface area contributed by atoms with E-state index in [1.165, 1.54) is 12.8 Å². The summed E-state index contributed by atoms with van der Waals surface area (Å²) in [5, 5.41) is 3.46. The van der Waals surface area contributed by atoms with Crippen LogP contribution in [0.15, 0.2) is 6.20 Å². The Bertz CT molecular complexity index is 432. The number of hydrogen-bond acceptors (Lipinski definition) is 4. The molecular formula is C13H18N4. The van der Waals surface area contributed by atoms with Gasteiger partial charge in [0, 0.05) is 37.1 Å². The zero-order valence-electron chi connectivity index (χ0n) is 10.4. The quantitative estimate of drug-likeness (QED) is 0.769. The monoisotopic (exact) mass is 230 g/mol. The predicted octanol–water partition coefficient (Wildman–Crippen LogP) is 1.11. The second-order valence-electron chi connectivity index (χ2n) is 4.50. The smallest absolute Gasteiger partial charge is 0.226 e. The summed E-state index contributed by atoms with van der Waals surface area (Å²) in [6.07, 6.45) is 9.74. The molecule has 0 radical (unpaired) electrons. The first-order valence-corrected chi connectivity index (χ1v) is 5.91. The molecule has 1 fully saturated rings. The topological polar surface area (TPSA) is 41.1 Å². The van der Waals surface area contributed by atoms with Gasteiger partial charge >= 0.3 is 0 Å². The van der Waals surface area contributed by atoms with Crippen molar-refractivity contribution in [3.63, 3.8) is 0 Å². The summed E-state index contributed by atoms with van der Waals surface area (Å²) in [5.41, 5.74) is 2.18. The summed E-state index contributed by atoms with van der Waals surface area (Å²) in [5.74, 6) is 3.27. The minimum absolute atomic E-state index is 0.527. The number of terminal acetylenes is 1. The Balaban J connectivity index is 2.02. The van der Waals surface area contributed by atoms with Gasteiger partial charge in [0.2, 0.25) is 5.95 Å². The Labute approximate surface area is 102 Å². The second kappa shape index (κ2) is 5.15. The molecule has 2 rings (SSSR count). The second-order valence-corrected chi connectivity index (χ2v) is 4.50. The lowest BCUT2D eigenvalue weighted by atomic mass is 10.2. The third-order valence-electron chi connectivity index (χ3n) is 2.90. The van der Waals surface area contributed by atoms with Crippen LogP contribution in [0, 0.1) is 19.3 Å². The molecule has 90 valence electrons. The van der Waals surface area contributed by atoms with Crippen LogP contribution in [-0.2, 0) is 6.54 Å². The van der Waals surface area contributed by atoms with Crippen LogP contribution >= 0.6 is 0 Å². The highest BCUT2D eigenvalue weighted by atomic mass is 15.2. The molecule has 1 aromatic heterocycles. The number of aryl methyl sites for hydroxylation is 1. The van der Waals surface area contributed by atoms with Gasteiger partial charge in [-0.25, -0.2) is 9.97 Å². The van der Waals surface area contributed by atoms with Gasteiger partial charge in [-0.3, -0.25) is 0 Å². The highest BCUT2D eigenvalue weighted by molar-refractivity contribution is 5.33. The molecule has 1 aliphatic carbocycles. The highest BCUT2D eigenvalue weighted by Crippen LogP contribution is 2.19. The fourth-order valence-corrected chi connectivity index (χ4v) is 1.59. The van der Waals surface area contributed by atoms with Crippen LogP contribution in [0.1, 0.15) is 24.1 Å². The van der Waals surface area contributed by atoms with E-state index in [9.17, 15) is 0 Å². The van der Waals surface area contributed by atoms with Gasteiger partial charge in [0.05, 0.1) is 6.54 Å². The van der Waals surface area contributed by atoms with E-state index in [4.69, 9.17) is 6.42 Å². The third-order valence-corrected chi connectivity index (χ3v) is 2.90. The number of nitrogens with zero attached hydrogens (tertiary/aromatic N) is 3. The molecule has 0 atom stereocenters. The van der Waals surface area contributed by atoms with Crippen molar-refractivity contribution in [3.05, 3.63) is 17.5 Å². The summed E-state index contributed by atoms with van der Waals surface area (Å²) in [6, 6.07) is 0.707. The van der Waals surface area contributed by atoms with Gasteiger partial charge in [0.15, 0.2) is 0 Å². The lowest BCUT2D eigenvalue weighted by Crippen LogP contribution is -2.21. The summed E-state index contributed by atoms with van der Waals surface area (Å²) in [7, 11) is 1.90. The van der Waals surface area contributed by atoms with E-state index in [1.807, 2.05) is 25.1 Å². The molecule has 0 aromatic carbocycles. The van der Waals surface area contributed by atoms with Crippen molar-refractivity contribution >= 4 is 5.95 Å². The third kappa shape index (κ3) is 3.18. The predicted molar refractivity (Wildman–Crippen MR) is 68.7 cm³/mol. The van der Waals surface area contributed by atoms with Crippen molar-refractivity contribution in [2.75, 3.05) is 18.5 Å². The molecule has 1 heterocycles. The highest BCUT2D eigenvalue weighted by Gasteiger charge is 2.20. The minimum atomic E-state index is 0.527. The molecule has 0 aliphatic heterocycles. The van der Waals surface area contributed by atoms with Crippen LogP contribution in [0.3, 0.4) is 0 Å². The standard InChI is InChI=1S/C13H18N4/c1-4-7-17(3)13-15-9-11(10(2)16-13)8-14-12-5-6-12/h1,9,12,14H,5-8H2,2-3H3. The van der Waals surface area contributed by atoms with Gasteiger partial charge in [-0.15, -0.1) is 6.42 Å².